The third-order valence-corrected chi connectivity index (χ3v) is 5.17. The Hall–Kier alpha value is -3.34. The Bertz CT molecular complexity index is 1010. The number of amides is 1. The first kappa shape index (κ1) is 15.9. The molecule has 2 heterocycles. The van der Waals surface area contributed by atoms with Gasteiger partial charge in [-0.25, -0.2) is 4.98 Å². The molecule has 0 spiro atoms. The number of benzene rings is 2. The molecule has 3 aromatic rings. The second-order valence-electron chi connectivity index (χ2n) is 6.88. The van der Waals surface area contributed by atoms with Crippen molar-refractivity contribution in [3.05, 3.63) is 72.3 Å². The predicted octanol–water partition coefficient (Wildman–Crippen LogP) is 4.15. The van der Waals surface area contributed by atoms with Crippen molar-refractivity contribution >= 4 is 11.7 Å². The van der Waals surface area contributed by atoms with E-state index in [1.54, 1.807) is 0 Å². The van der Waals surface area contributed by atoms with E-state index in [9.17, 15) is 4.79 Å². The highest BCUT2D eigenvalue weighted by Gasteiger charge is 2.51. The van der Waals surface area contributed by atoms with E-state index in [0.717, 1.165) is 35.4 Å². The van der Waals surface area contributed by atoms with Gasteiger partial charge in [0.15, 0.2) is 11.5 Å². The van der Waals surface area contributed by atoms with Gasteiger partial charge in [0, 0.05) is 5.56 Å². The highest BCUT2D eigenvalue weighted by Crippen LogP contribution is 2.51. The fraction of sp³-hybridized carbons (Fsp3) is 0.182. The molecule has 1 fully saturated rings. The lowest BCUT2D eigenvalue weighted by atomic mass is 9.94. The van der Waals surface area contributed by atoms with E-state index in [-0.39, 0.29) is 12.7 Å². The van der Waals surface area contributed by atoms with E-state index < -0.39 is 5.41 Å². The molecular weight excluding hydrogens is 340 g/mol. The van der Waals surface area contributed by atoms with Crippen LogP contribution in [0.25, 0.3) is 11.3 Å². The number of nitrogens with zero attached hydrogens (tertiary/aromatic N) is 1. The van der Waals surface area contributed by atoms with Gasteiger partial charge in [0.05, 0.1) is 11.1 Å². The molecule has 5 heteroatoms. The molecule has 0 atom stereocenters. The van der Waals surface area contributed by atoms with E-state index >= 15 is 0 Å². The van der Waals surface area contributed by atoms with Crippen LogP contribution in [0.1, 0.15) is 18.4 Å². The fourth-order valence-corrected chi connectivity index (χ4v) is 3.48. The number of carbonyl (C=O) groups excluding carboxylic acids is 1. The van der Waals surface area contributed by atoms with Gasteiger partial charge >= 0.3 is 0 Å². The lowest BCUT2D eigenvalue weighted by molar-refractivity contribution is -0.118. The first-order valence-corrected chi connectivity index (χ1v) is 8.99. The van der Waals surface area contributed by atoms with Gasteiger partial charge < -0.3 is 14.8 Å². The maximum absolute atomic E-state index is 13.0. The van der Waals surface area contributed by atoms with Gasteiger partial charge in [0.1, 0.15) is 5.82 Å². The second-order valence-corrected chi connectivity index (χ2v) is 6.88. The smallest absolute Gasteiger partial charge is 0.236 e. The van der Waals surface area contributed by atoms with Crippen LogP contribution in [0.2, 0.25) is 0 Å². The zero-order valence-electron chi connectivity index (χ0n) is 14.6. The zero-order chi connectivity index (χ0) is 18.3. The lowest BCUT2D eigenvalue weighted by Gasteiger charge is -2.16. The summed E-state index contributed by atoms with van der Waals surface area (Å²) >= 11 is 0. The third kappa shape index (κ3) is 2.81. The van der Waals surface area contributed by atoms with Gasteiger partial charge in [-0.1, -0.05) is 42.5 Å². The van der Waals surface area contributed by atoms with E-state index in [0.29, 0.717) is 11.6 Å². The molecule has 1 aromatic heterocycles. The zero-order valence-corrected chi connectivity index (χ0v) is 14.6. The summed E-state index contributed by atoms with van der Waals surface area (Å²) in [5, 5.41) is 3.00. The third-order valence-electron chi connectivity index (χ3n) is 5.17. The summed E-state index contributed by atoms with van der Waals surface area (Å²) < 4.78 is 10.8. The molecule has 5 rings (SSSR count). The van der Waals surface area contributed by atoms with Crippen molar-refractivity contribution in [2.45, 2.75) is 18.3 Å². The Morgan fingerprint density at radius 1 is 0.926 bits per heavy atom. The molecule has 2 aliphatic rings. The van der Waals surface area contributed by atoms with Gasteiger partial charge in [-0.2, -0.15) is 0 Å². The monoisotopic (exact) mass is 358 g/mol. The Morgan fingerprint density at radius 2 is 1.74 bits per heavy atom. The number of hydrogen-bond donors (Lipinski definition) is 1. The molecule has 1 amide bonds. The molecule has 0 saturated heterocycles. The molecule has 0 radical (unpaired) electrons. The van der Waals surface area contributed by atoms with Gasteiger partial charge in [0.2, 0.25) is 12.7 Å². The minimum absolute atomic E-state index is 0.0286. The highest BCUT2D eigenvalue weighted by molar-refractivity contribution is 6.01. The number of rotatable bonds is 4. The number of nitrogens with one attached hydrogen (secondary N) is 1. The summed E-state index contributed by atoms with van der Waals surface area (Å²) in [7, 11) is 0. The lowest BCUT2D eigenvalue weighted by Crippen LogP contribution is -2.28. The number of pyridine rings is 1. The van der Waals surface area contributed by atoms with Crippen LogP contribution in [0.5, 0.6) is 11.5 Å². The van der Waals surface area contributed by atoms with Crippen LogP contribution < -0.4 is 14.8 Å². The van der Waals surface area contributed by atoms with Crippen LogP contribution in [0.3, 0.4) is 0 Å². The summed E-state index contributed by atoms with van der Waals surface area (Å²) in [5.74, 6) is 1.97. The number of carbonyl (C=O) groups is 1. The minimum atomic E-state index is -0.509. The van der Waals surface area contributed by atoms with Crippen molar-refractivity contribution in [1.82, 2.24) is 4.98 Å². The summed E-state index contributed by atoms with van der Waals surface area (Å²) in [4.78, 5) is 17.6. The molecule has 1 aliphatic heterocycles. The number of fused-ring (bicyclic) bond motifs is 1. The van der Waals surface area contributed by atoms with E-state index in [1.807, 2.05) is 66.7 Å². The Labute approximate surface area is 157 Å². The Kier molecular flexibility index (Phi) is 3.60. The Morgan fingerprint density at radius 3 is 2.56 bits per heavy atom. The molecule has 0 bridgehead atoms. The molecule has 1 N–H and O–H groups in total. The van der Waals surface area contributed by atoms with Crippen molar-refractivity contribution in [3.63, 3.8) is 0 Å². The molecule has 5 nitrogen and oxygen atoms in total. The predicted molar refractivity (Wildman–Crippen MR) is 102 cm³/mol. The number of ether oxygens (including phenoxy) is 2. The molecule has 2 aromatic carbocycles. The standard InChI is InChI=1S/C22H18N2O3/c25-21(22(11-12-22)16-9-10-18-19(13-16)27-14-26-18)24-20-8-4-7-17(23-20)15-5-2-1-3-6-15/h1-10,13H,11-12,14H2,(H,23,24,25). The van der Waals surface area contributed by atoms with Crippen LogP contribution in [0.4, 0.5) is 5.82 Å². The SMILES string of the molecule is O=C(Nc1cccc(-c2ccccc2)n1)C1(c2ccc3c(c2)OCO3)CC1. The molecule has 1 aliphatic carbocycles. The molecule has 1 saturated carbocycles. The maximum atomic E-state index is 13.0. The van der Waals surface area contributed by atoms with E-state index in [1.165, 1.54) is 0 Å². The van der Waals surface area contributed by atoms with Crippen LogP contribution in [-0.4, -0.2) is 17.7 Å². The molecular formula is C22H18N2O3. The van der Waals surface area contributed by atoms with Crippen molar-refractivity contribution in [3.8, 4) is 22.8 Å². The van der Waals surface area contributed by atoms with Gasteiger partial charge in [0.25, 0.3) is 0 Å². The topological polar surface area (TPSA) is 60.5 Å². The van der Waals surface area contributed by atoms with E-state index in [2.05, 4.69) is 10.3 Å². The van der Waals surface area contributed by atoms with Crippen LogP contribution in [-0.2, 0) is 10.2 Å². The summed E-state index contributed by atoms with van der Waals surface area (Å²) in [6, 6.07) is 21.3. The van der Waals surface area contributed by atoms with Crippen LogP contribution in [0.15, 0.2) is 66.7 Å². The first-order valence-electron chi connectivity index (χ1n) is 8.99. The molecule has 0 unspecified atom stereocenters. The second kappa shape index (κ2) is 6.13. The quantitative estimate of drug-likeness (QED) is 0.761. The summed E-state index contributed by atoms with van der Waals surface area (Å²) in [6.45, 7) is 0.230. The molecule has 27 heavy (non-hydrogen) atoms. The molecule has 134 valence electrons. The maximum Gasteiger partial charge on any atom is 0.236 e. The van der Waals surface area contributed by atoms with E-state index in [4.69, 9.17) is 9.47 Å². The average molecular weight is 358 g/mol. The number of anilines is 1. The largest absolute Gasteiger partial charge is 0.454 e. The minimum Gasteiger partial charge on any atom is -0.454 e. The average Bonchev–Trinajstić information content (AvgIpc) is 3.40. The summed E-state index contributed by atoms with van der Waals surface area (Å²) in [6.07, 6.45) is 1.63. The van der Waals surface area contributed by atoms with Crippen molar-refractivity contribution in [2.75, 3.05) is 12.1 Å². The Balaban J connectivity index is 1.39. The van der Waals surface area contributed by atoms with Gasteiger partial charge in [-0.15, -0.1) is 0 Å². The van der Waals surface area contributed by atoms with Crippen molar-refractivity contribution < 1.29 is 14.3 Å². The summed E-state index contributed by atoms with van der Waals surface area (Å²) in [5.41, 5.74) is 2.31. The van der Waals surface area contributed by atoms with Crippen LogP contribution >= 0.6 is 0 Å². The number of aromatic nitrogens is 1. The first-order chi connectivity index (χ1) is 13.2. The van der Waals surface area contributed by atoms with Crippen LogP contribution in [0, 0.1) is 0 Å². The number of hydrogen-bond acceptors (Lipinski definition) is 4. The highest BCUT2D eigenvalue weighted by atomic mass is 16.7. The fourth-order valence-electron chi connectivity index (χ4n) is 3.48. The normalized spacial score (nSPS) is 16.0. The van der Waals surface area contributed by atoms with Crippen molar-refractivity contribution in [2.24, 2.45) is 0 Å². The van der Waals surface area contributed by atoms with Crippen molar-refractivity contribution in [1.29, 1.82) is 0 Å². The van der Waals surface area contributed by atoms with Gasteiger partial charge in [-0.05, 0) is 42.7 Å². The van der Waals surface area contributed by atoms with Gasteiger partial charge in [-0.3, -0.25) is 4.79 Å².